The van der Waals surface area contributed by atoms with Crippen LogP contribution in [0.15, 0.2) is 6.20 Å². The minimum Gasteiger partial charge on any atom is -0.379 e. The highest BCUT2D eigenvalue weighted by atomic mass is 16.5. The third-order valence-electron chi connectivity index (χ3n) is 4.34. The maximum atomic E-state index is 5.47. The fraction of sp³-hybridized carbons (Fsp3) is 0.812. The fourth-order valence-corrected chi connectivity index (χ4v) is 2.94. The van der Waals surface area contributed by atoms with Crippen LogP contribution in [0.5, 0.6) is 0 Å². The lowest BCUT2D eigenvalue weighted by Gasteiger charge is -2.35. The van der Waals surface area contributed by atoms with E-state index >= 15 is 0 Å². The van der Waals surface area contributed by atoms with Crippen molar-refractivity contribution >= 4 is 0 Å². The summed E-state index contributed by atoms with van der Waals surface area (Å²) < 4.78 is 7.41. The van der Waals surface area contributed by atoms with Crippen LogP contribution in [0, 0.1) is 12.8 Å². The first-order chi connectivity index (χ1) is 10.1. The van der Waals surface area contributed by atoms with Gasteiger partial charge >= 0.3 is 0 Å². The molecule has 1 N–H and O–H groups in total. The Kier molecular flexibility index (Phi) is 6.21. The number of hydrogen-bond acceptors (Lipinski definition) is 4. The molecule has 1 aliphatic heterocycles. The first-order valence-corrected chi connectivity index (χ1v) is 8.08. The van der Waals surface area contributed by atoms with Crippen molar-refractivity contribution in [3.63, 3.8) is 0 Å². The summed E-state index contributed by atoms with van der Waals surface area (Å²) in [7, 11) is 1.99. The second-order valence-electron chi connectivity index (χ2n) is 6.44. The first kappa shape index (κ1) is 16.5. The molecule has 1 atom stereocenters. The highest BCUT2D eigenvalue weighted by Crippen LogP contribution is 2.13. The van der Waals surface area contributed by atoms with Crippen LogP contribution in [-0.2, 0) is 18.3 Å². The molecule has 120 valence electrons. The number of aromatic nitrogens is 2. The van der Waals surface area contributed by atoms with E-state index in [0.29, 0.717) is 6.04 Å². The van der Waals surface area contributed by atoms with Crippen LogP contribution in [0.4, 0.5) is 0 Å². The third-order valence-corrected chi connectivity index (χ3v) is 4.34. The van der Waals surface area contributed by atoms with Crippen molar-refractivity contribution in [1.82, 2.24) is 20.0 Å². The molecule has 1 unspecified atom stereocenters. The Morgan fingerprint density at radius 2 is 2.05 bits per heavy atom. The van der Waals surface area contributed by atoms with Crippen LogP contribution in [0.3, 0.4) is 0 Å². The second kappa shape index (κ2) is 7.92. The van der Waals surface area contributed by atoms with E-state index in [1.807, 2.05) is 17.9 Å². The number of nitrogens with one attached hydrogen (secondary N) is 1. The molecule has 0 saturated carbocycles. The molecule has 1 aliphatic rings. The highest BCUT2D eigenvalue weighted by Gasteiger charge is 2.21. The molecule has 1 fully saturated rings. The predicted octanol–water partition coefficient (Wildman–Crippen LogP) is 1.57. The quantitative estimate of drug-likeness (QED) is 0.829. The number of nitrogens with zero attached hydrogens (tertiary/aromatic N) is 3. The smallest absolute Gasteiger partial charge is 0.0594 e. The van der Waals surface area contributed by atoms with Crippen molar-refractivity contribution in [2.24, 2.45) is 13.0 Å². The minimum atomic E-state index is 0.603. The Hall–Kier alpha value is -0.910. The molecule has 5 nitrogen and oxygen atoms in total. The van der Waals surface area contributed by atoms with E-state index in [9.17, 15) is 0 Å². The van der Waals surface area contributed by atoms with Crippen LogP contribution in [0.25, 0.3) is 0 Å². The molecule has 1 aromatic rings. The van der Waals surface area contributed by atoms with Crippen LogP contribution >= 0.6 is 0 Å². The van der Waals surface area contributed by atoms with E-state index in [1.165, 1.54) is 17.7 Å². The summed E-state index contributed by atoms with van der Waals surface area (Å²) in [4.78, 5) is 2.58. The van der Waals surface area contributed by atoms with Crippen LogP contribution < -0.4 is 5.32 Å². The van der Waals surface area contributed by atoms with Gasteiger partial charge in [-0.15, -0.1) is 0 Å². The van der Waals surface area contributed by atoms with E-state index in [-0.39, 0.29) is 0 Å². The van der Waals surface area contributed by atoms with Gasteiger partial charge in [0.2, 0.25) is 0 Å². The Morgan fingerprint density at radius 3 is 2.62 bits per heavy atom. The molecule has 0 radical (unpaired) electrons. The van der Waals surface area contributed by atoms with Crippen molar-refractivity contribution in [3.05, 3.63) is 17.5 Å². The number of hydrogen-bond donors (Lipinski definition) is 1. The lowest BCUT2D eigenvalue weighted by molar-refractivity contribution is 0.0123. The molecule has 5 heteroatoms. The van der Waals surface area contributed by atoms with Gasteiger partial charge in [-0.2, -0.15) is 5.10 Å². The molecule has 21 heavy (non-hydrogen) atoms. The van der Waals surface area contributed by atoms with E-state index in [0.717, 1.165) is 45.3 Å². The average molecular weight is 294 g/mol. The number of rotatable bonds is 7. The van der Waals surface area contributed by atoms with E-state index in [4.69, 9.17) is 4.74 Å². The monoisotopic (exact) mass is 294 g/mol. The summed E-state index contributed by atoms with van der Waals surface area (Å²) in [5.74, 6) is 0.722. The predicted molar refractivity (Wildman–Crippen MR) is 85.3 cm³/mol. The van der Waals surface area contributed by atoms with Gasteiger partial charge in [-0.3, -0.25) is 9.58 Å². The maximum Gasteiger partial charge on any atom is 0.0594 e. The summed E-state index contributed by atoms with van der Waals surface area (Å²) in [5.41, 5.74) is 2.54. The number of ether oxygens (including phenoxy) is 1. The second-order valence-corrected chi connectivity index (χ2v) is 6.44. The van der Waals surface area contributed by atoms with Gasteiger partial charge in [0.25, 0.3) is 0 Å². The molecule has 1 saturated heterocycles. The summed E-state index contributed by atoms with van der Waals surface area (Å²) in [6, 6.07) is 0.603. The van der Waals surface area contributed by atoms with Crippen molar-refractivity contribution in [2.75, 3.05) is 32.8 Å². The van der Waals surface area contributed by atoms with Gasteiger partial charge in [-0.05, 0) is 19.3 Å². The van der Waals surface area contributed by atoms with E-state index in [2.05, 4.69) is 36.1 Å². The van der Waals surface area contributed by atoms with Crippen molar-refractivity contribution in [3.8, 4) is 0 Å². The Bertz CT molecular complexity index is 424. The molecule has 2 rings (SSSR count). The topological polar surface area (TPSA) is 42.3 Å². The summed E-state index contributed by atoms with van der Waals surface area (Å²) in [6.45, 7) is 12.5. The van der Waals surface area contributed by atoms with Crippen LogP contribution in [-0.4, -0.2) is 53.6 Å². The largest absolute Gasteiger partial charge is 0.379 e. The zero-order valence-electron chi connectivity index (χ0n) is 13.9. The number of aryl methyl sites for hydroxylation is 1. The Labute approximate surface area is 128 Å². The maximum absolute atomic E-state index is 5.47. The summed E-state index contributed by atoms with van der Waals surface area (Å²) in [5, 5.41) is 7.92. The van der Waals surface area contributed by atoms with Crippen molar-refractivity contribution in [1.29, 1.82) is 0 Å². The standard InChI is InChI=1S/C16H30N4O/c1-13(2)9-16(20-5-7-21-8-6-20)12-17-10-15-11-18-19(4)14(15)3/h11,13,16-17H,5-10,12H2,1-4H3. The molecule has 0 aliphatic carbocycles. The molecule has 0 amide bonds. The Morgan fingerprint density at radius 1 is 1.33 bits per heavy atom. The third kappa shape index (κ3) is 4.80. The van der Waals surface area contributed by atoms with Crippen LogP contribution in [0.1, 0.15) is 31.5 Å². The fourth-order valence-electron chi connectivity index (χ4n) is 2.94. The van der Waals surface area contributed by atoms with Gasteiger partial charge < -0.3 is 10.1 Å². The minimum absolute atomic E-state index is 0.603. The van der Waals surface area contributed by atoms with Gasteiger partial charge in [-0.1, -0.05) is 13.8 Å². The van der Waals surface area contributed by atoms with Gasteiger partial charge in [0.15, 0.2) is 0 Å². The molecular formula is C16H30N4O. The van der Waals surface area contributed by atoms with Gasteiger partial charge in [0.1, 0.15) is 0 Å². The molecule has 2 heterocycles. The SMILES string of the molecule is Cc1c(CNCC(CC(C)C)N2CCOCC2)cnn1C. The zero-order valence-corrected chi connectivity index (χ0v) is 13.9. The molecule has 1 aromatic heterocycles. The average Bonchev–Trinajstić information content (AvgIpc) is 2.79. The zero-order chi connectivity index (χ0) is 15.2. The normalized spacial score (nSPS) is 18.3. The molecule has 0 aromatic carbocycles. The van der Waals surface area contributed by atoms with Crippen molar-refractivity contribution < 1.29 is 4.74 Å². The Balaban J connectivity index is 1.84. The van der Waals surface area contributed by atoms with Crippen LogP contribution in [0.2, 0.25) is 0 Å². The lowest BCUT2D eigenvalue weighted by Crippen LogP contribution is -2.48. The highest BCUT2D eigenvalue weighted by molar-refractivity contribution is 5.15. The van der Waals surface area contributed by atoms with E-state index < -0.39 is 0 Å². The summed E-state index contributed by atoms with van der Waals surface area (Å²) in [6.07, 6.45) is 3.20. The summed E-state index contributed by atoms with van der Waals surface area (Å²) >= 11 is 0. The van der Waals surface area contributed by atoms with Gasteiger partial charge in [-0.25, -0.2) is 0 Å². The van der Waals surface area contributed by atoms with Gasteiger partial charge in [0.05, 0.1) is 19.4 Å². The molecular weight excluding hydrogens is 264 g/mol. The number of morpholine rings is 1. The van der Waals surface area contributed by atoms with Gasteiger partial charge in [0, 0.05) is 50.5 Å². The van der Waals surface area contributed by atoms with E-state index in [1.54, 1.807) is 0 Å². The molecule has 0 bridgehead atoms. The first-order valence-electron chi connectivity index (χ1n) is 8.08. The lowest BCUT2D eigenvalue weighted by atomic mass is 10.0. The molecule has 0 spiro atoms. The van der Waals surface area contributed by atoms with Crippen molar-refractivity contribution in [2.45, 2.75) is 39.8 Å².